The van der Waals surface area contributed by atoms with Gasteiger partial charge in [0.25, 0.3) is 5.91 Å². The van der Waals surface area contributed by atoms with E-state index in [1.807, 2.05) is 20.8 Å². The Kier molecular flexibility index (Phi) is 7.36. The Labute approximate surface area is 215 Å². The summed E-state index contributed by atoms with van der Waals surface area (Å²) in [6.45, 7) is 6.92. The van der Waals surface area contributed by atoms with E-state index in [4.69, 9.17) is 10.5 Å². The molecule has 1 fully saturated rings. The van der Waals surface area contributed by atoms with E-state index >= 15 is 0 Å². The molecular weight excluding hydrogens is 500 g/mol. The topological polar surface area (TPSA) is 156 Å². The van der Waals surface area contributed by atoms with Gasteiger partial charge in [0, 0.05) is 31.0 Å². The van der Waals surface area contributed by atoms with Crippen LogP contribution < -0.4 is 25.0 Å². The number of urea groups is 1. The maximum atomic E-state index is 12.8. The molecule has 0 aromatic heterocycles. The van der Waals surface area contributed by atoms with Crippen LogP contribution in [0.1, 0.15) is 50.0 Å². The first-order valence-corrected chi connectivity index (χ1v) is 13.2. The summed E-state index contributed by atoms with van der Waals surface area (Å²) in [6.07, 6.45) is 0.983. The van der Waals surface area contributed by atoms with Crippen molar-refractivity contribution in [1.29, 1.82) is 0 Å². The van der Waals surface area contributed by atoms with Crippen molar-refractivity contribution in [3.8, 4) is 16.9 Å². The summed E-state index contributed by atoms with van der Waals surface area (Å²) in [7, 11) is -2.46. The first kappa shape index (κ1) is 27.7. The lowest BCUT2D eigenvalue weighted by atomic mass is 9.78. The van der Waals surface area contributed by atoms with Gasteiger partial charge in [-0.25, -0.2) is 17.5 Å². The normalized spacial score (nSPS) is 14.3. The number of nitrogens with one attached hydrogen (secondary N) is 1. The van der Waals surface area contributed by atoms with E-state index in [0.29, 0.717) is 26.7 Å². The Balaban J connectivity index is 2.39. The van der Waals surface area contributed by atoms with Crippen molar-refractivity contribution >= 4 is 45.2 Å². The molecule has 1 aliphatic heterocycles. The van der Waals surface area contributed by atoms with Crippen molar-refractivity contribution in [3.63, 3.8) is 0 Å². The summed E-state index contributed by atoms with van der Waals surface area (Å²) in [4.78, 5) is 50.5. The molecule has 0 saturated carbocycles. The molecule has 0 spiro atoms. The van der Waals surface area contributed by atoms with Gasteiger partial charge in [0.2, 0.25) is 21.8 Å². The highest BCUT2D eigenvalue weighted by molar-refractivity contribution is 7.92. The molecule has 3 N–H and O–H groups in total. The number of benzene rings is 2. The van der Waals surface area contributed by atoms with Crippen LogP contribution in [0.5, 0.6) is 5.75 Å². The molecule has 3 rings (SSSR count). The minimum Gasteiger partial charge on any atom is -0.496 e. The molecule has 37 heavy (non-hydrogen) atoms. The van der Waals surface area contributed by atoms with Gasteiger partial charge in [-0.3, -0.25) is 24.6 Å². The molecule has 11 nitrogen and oxygen atoms in total. The van der Waals surface area contributed by atoms with Crippen LogP contribution in [0, 0.1) is 0 Å². The third kappa shape index (κ3) is 5.43. The summed E-state index contributed by atoms with van der Waals surface area (Å²) < 4.78 is 30.7. The van der Waals surface area contributed by atoms with Gasteiger partial charge in [-0.2, -0.15) is 0 Å². The minimum atomic E-state index is -3.87. The van der Waals surface area contributed by atoms with E-state index in [2.05, 4.69) is 5.32 Å². The number of hydrogen-bond acceptors (Lipinski definition) is 7. The fourth-order valence-corrected chi connectivity index (χ4v) is 5.40. The van der Waals surface area contributed by atoms with Crippen molar-refractivity contribution in [1.82, 2.24) is 5.32 Å². The monoisotopic (exact) mass is 530 g/mol. The average Bonchev–Trinajstić information content (AvgIpc) is 2.76. The lowest BCUT2D eigenvalue weighted by Crippen LogP contribution is -2.50. The van der Waals surface area contributed by atoms with Crippen LogP contribution in [0.25, 0.3) is 11.1 Å². The van der Waals surface area contributed by atoms with E-state index in [9.17, 15) is 27.6 Å². The summed E-state index contributed by atoms with van der Waals surface area (Å²) in [5.41, 5.74) is 7.24. The Morgan fingerprint density at radius 2 is 1.73 bits per heavy atom. The number of nitrogens with zero attached hydrogens (tertiary/aromatic N) is 2. The zero-order valence-corrected chi connectivity index (χ0v) is 22.4. The van der Waals surface area contributed by atoms with Crippen molar-refractivity contribution in [2.45, 2.75) is 39.5 Å². The lowest BCUT2D eigenvalue weighted by molar-refractivity contribution is -0.120. The Hall–Kier alpha value is -3.93. The highest BCUT2D eigenvalue weighted by atomic mass is 32.2. The minimum absolute atomic E-state index is 0.0504. The molecule has 0 bridgehead atoms. The number of nitrogens with two attached hydrogens (primary N) is 1. The number of rotatable bonds is 6. The predicted molar refractivity (Wildman–Crippen MR) is 139 cm³/mol. The van der Waals surface area contributed by atoms with Gasteiger partial charge in [0.1, 0.15) is 5.75 Å². The van der Waals surface area contributed by atoms with Crippen LogP contribution in [-0.4, -0.2) is 52.1 Å². The smallest absolute Gasteiger partial charge is 0.328 e. The third-order valence-electron chi connectivity index (χ3n) is 5.83. The molecule has 2 aromatic carbocycles. The fraction of sp³-hybridized carbons (Fsp3) is 0.360. The molecule has 1 aliphatic rings. The number of amides is 5. The van der Waals surface area contributed by atoms with Crippen LogP contribution in [0.2, 0.25) is 0 Å². The summed E-state index contributed by atoms with van der Waals surface area (Å²) in [5.74, 6) is -1.62. The molecule has 0 aliphatic carbocycles. The van der Waals surface area contributed by atoms with E-state index in [-0.39, 0.29) is 30.0 Å². The Bertz CT molecular complexity index is 1390. The SMILES string of the molecule is COc1c(C(N)=O)cc(N2CCC(=O)NC2=O)c(-c2ccc(N(C(C)=O)S(C)(=O)=O)cc2)c1C(C)(C)C. The fourth-order valence-electron chi connectivity index (χ4n) is 4.43. The standard InChI is InChI=1S/C25H30N4O7S/c1-14(30)29(37(6,34)35)16-9-7-15(8-10-16)20-18(28-12-11-19(31)27-24(28)33)13-17(23(26)32)22(36-5)21(20)25(2,3)4/h7-10,13H,11-12H2,1-6H3,(H2,26,32)(H,27,31,33). The molecule has 0 unspecified atom stereocenters. The molecule has 0 radical (unpaired) electrons. The van der Waals surface area contributed by atoms with Gasteiger partial charge in [-0.05, 0) is 29.2 Å². The molecular formula is C25H30N4O7S. The second-order valence-corrected chi connectivity index (χ2v) is 11.5. The van der Waals surface area contributed by atoms with E-state index in [1.54, 1.807) is 12.1 Å². The summed E-state index contributed by atoms with van der Waals surface area (Å²) >= 11 is 0. The molecule has 2 aromatic rings. The number of methoxy groups -OCH3 is 1. The zero-order chi connectivity index (χ0) is 27.9. The van der Waals surface area contributed by atoms with E-state index < -0.39 is 39.2 Å². The second-order valence-electron chi connectivity index (χ2n) is 9.69. The first-order valence-electron chi connectivity index (χ1n) is 11.4. The van der Waals surface area contributed by atoms with E-state index in [0.717, 1.165) is 13.2 Å². The number of sulfonamides is 1. The number of anilines is 2. The number of hydrogen-bond donors (Lipinski definition) is 2. The molecule has 5 amide bonds. The highest BCUT2D eigenvalue weighted by Gasteiger charge is 2.34. The zero-order valence-electron chi connectivity index (χ0n) is 21.5. The van der Waals surface area contributed by atoms with Gasteiger partial charge < -0.3 is 10.5 Å². The number of carbonyl (C=O) groups excluding carboxylic acids is 4. The van der Waals surface area contributed by atoms with Crippen LogP contribution in [-0.2, 0) is 25.0 Å². The Morgan fingerprint density at radius 1 is 1.14 bits per heavy atom. The first-order chi connectivity index (χ1) is 17.1. The van der Waals surface area contributed by atoms with Crippen LogP contribution in [0.4, 0.5) is 16.2 Å². The van der Waals surface area contributed by atoms with Gasteiger partial charge in [0.15, 0.2) is 0 Å². The number of imide groups is 1. The van der Waals surface area contributed by atoms with Gasteiger partial charge in [-0.15, -0.1) is 0 Å². The largest absolute Gasteiger partial charge is 0.496 e. The average molecular weight is 531 g/mol. The molecule has 1 heterocycles. The summed E-state index contributed by atoms with van der Waals surface area (Å²) in [6, 6.07) is 6.97. The van der Waals surface area contributed by atoms with Crippen molar-refractivity contribution in [3.05, 3.63) is 41.5 Å². The van der Waals surface area contributed by atoms with Gasteiger partial charge in [-0.1, -0.05) is 32.9 Å². The molecule has 198 valence electrons. The second kappa shape index (κ2) is 9.85. The quantitative estimate of drug-likeness (QED) is 0.581. The van der Waals surface area contributed by atoms with Gasteiger partial charge in [0.05, 0.1) is 30.3 Å². The molecule has 12 heteroatoms. The van der Waals surface area contributed by atoms with Crippen LogP contribution >= 0.6 is 0 Å². The molecule has 0 atom stereocenters. The number of primary amides is 1. The highest BCUT2D eigenvalue weighted by Crippen LogP contribution is 2.47. The maximum absolute atomic E-state index is 12.8. The Morgan fingerprint density at radius 3 is 2.16 bits per heavy atom. The van der Waals surface area contributed by atoms with Crippen molar-refractivity contribution in [2.75, 3.05) is 29.1 Å². The summed E-state index contributed by atoms with van der Waals surface area (Å²) in [5, 5.41) is 2.28. The third-order valence-corrected chi connectivity index (χ3v) is 6.96. The van der Waals surface area contributed by atoms with Gasteiger partial charge >= 0.3 is 6.03 Å². The molecule has 1 saturated heterocycles. The van der Waals surface area contributed by atoms with Crippen molar-refractivity contribution < 1.29 is 32.3 Å². The van der Waals surface area contributed by atoms with Crippen molar-refractivity contribution in [2.24, 2.45) is 5.73 Å². The number of ether oxygens (including phenoxy) is 1. The van der Waals surface area contributed by atoms with E-state index in [1.165, 1.54) is 30.2 Å². The maximum Gasteiger partial charge on any atom is 0.328 e. The van der Waals surface area contributed by atoms with Crippen LogP contribution in [0.15, 0.2) is 30.3 Å². The lowest BCUT2D eigenvalue weighted by Gasteiger charge is -2.34. The predicted octanol–water partition coefficient (Wildman–Crippen LogP) is 2.52. The number of carbonyl (C=O) groups is 4. The van der Waals surface area contributed by atoms with Crippen LogP contribution in [0.3, 0.4) is 0 Å².